The van der Waals surface area contributed by atoms with Crippen molar-refractivity contribution in [2.75, 3.05) is 6.54 Å². The topological polar surface area (TPSA) is 75.4 Å². The van der Waals surface area contributed by atoms with E-state index in [-0.39, 0.29) is 12.5 Å². The van der Waals surface area contributed by atoms with Gasteiger partial charge >= 0.3 is 0 Å². The molecule has 4 nitrogen and oxygen atoms in total. The lowest BCUT2D eigenvalue weighted by molar-refractivity contribution is -0.122. The molecular formula is C7H16N2O2. The summed E-state index contributed by atoms with van der Waals surface area (Å²) in [5.41, 5.74) is 5.41. The number of hydrogen-bond donors (Lipinski definition) is 3. The normalized spacial score (nSPS) is 15.6. The van der Waals surface area contributed by atoms with Gasteiger partial charge in [-0.3, -0.25) is 4.79 Å². The van der Waals surface area contributed by atoms with Gasteiger partial charge in [-0.25, -0.2) is 0 Å². The van der Waals surface area contributed by atoms with E-state index in [0.717, 1.165) is 0 Å². The van der Waals surface area contributed by atoms with Gasteiger partial charge in [-0.1, -0.05) is 6.92 Å². The number of carbonyl (C=O) groups is 1. The molecule has 0 bridgehead atoms. The molecule has 4 heteroatoms. The highest BCUT2D eigenvalue weighted by Crippen LogP contribution is 1.85. The monoisotopic (exact) mass is 160 g/mol. The second-order valence-corrected chi connectivity index (χ2v) is 2.61. The van der Waals surface area contributed by atoms with Crippen LogP contribution in [0.5, 0.6) is 0 Å². The summed E-state index contributed by atoms with van der Waals surface area (Å²) in [4.78, 5) is 10.9. The van der Waals surface area contributed by atoms with Crippen molar-refractivity contribution in [1.29, 1.82) is 0 Å². The summed E-state index contributed by atoms with van der Waals surface area (Å²) in [6.45, 7) is 3.72. The SMILES string of the molecule is CCC(N)C(=O)NC[C@H](C)O. The number of nitrogens with two attached hydrogens (primary N) is 1. The van der Waals surface area contributed by atoms with Gasteiger partial charge in [0.15, 0.2) is 0 Å². The Labute approximate surface area is 66.8 Å². The number of carbonyl (C=O) groups excluding carboxylic acids is 1. The Morgan fingerprint density at radius 2 is 2.27 bits per heavy atom. The smallest absolute Gasteiger partial charge is 0.236 e. The Morgan fingerprint density at radius 1 is 1.73 bits per heavy atom. The van der Waals surface area contributed by atoms with Crippen LogP contribution in [-0.4, -0.2) is 29.7 Å². The molecule has 0 spiro atoms. The molecule has 11 heavy (non-hydrogen) atoms. The highest BCUT2D eigenvalue weighted by molar-refractivity contribution is 5.81. The minimum Gasteiger partial charge on any atom is -0.392 e. The molecular weight excluding hydrogens is 144 g/mol. The van der Waals surface area contributed by atoms with Gasteiger partial charge in [-0.05, 0) is 13.3 Å². The van der Waals surface area contributed by atoms with Crippen LogP contribution in [0.3, 0.4) is 0 Å². The van der Waals surface area contributed by atoms with Crippen LogP contribution >= 0.6 is 0 Å². The van der Waals surface area contributed by atoms with Crippen molar-refractivity contribution in [3.05, 3.63) is 0 Å². The van der Waals surface area contributed by atoms with E-state index in [1.165, 1.54) is 0 Å². The molecule has 0 aromatic rings. The van der Waals surface area contributed by atoms with Gasteiger partial charge in [0.1, 0.15) is 0 Å². The molecule has 1 unspecified atom stereocenters. The Hall–Kier alpha value is -0.610. The Balaban J connectivity index is 3.52. The summed E-state index contributed by atoms with van der Waals surface area (Å²) >= 11 is 0. The van der Waals surface area contributed by atoms with E-state index in [1.807, 2.05) is 6.92 Å². The second-order valence-electron chi connectivity index (χ2n) is 2.61. The molecule has 0 heterocycles. The van der Waals surface area contributed by atoms with Crippen LogP contribution in [0.4, 0.5) is 0 Å². The van der Waals surface area contributed by atoms with Crippen LogP contribution in [0.15, 0.2) is 0 Å². The number of hydrogen-bond acceptors (Lipinski definition) is 3. The summed E-state index contributed by atoms with van der Waals surface area (Å²) in [7, 11) is 0. The van der Waals surface area contributed by atoms with E-state index >= 15 is 0 Å². The van der Waals surface area contributed by atoms with Gasteiger partial charge in [-0.15, -0.1) is 0 Å². The zero-order valence-electron chi connectivity index (χ0n) is 7.00. The van der Waals surface area contributed by atoms with E-state index < -0.39 is 12.1 Å². The molecule has 0 aliphatic rings. The molecule has 0 aromatic carbocycles. The molecule has 0 aliphatic heterocycles. The van der Waals surface area contributed by atoms with E-state index in [1.54, 1.807) is 6.92 Å². The first-order valence-electron chi connectivity index (χ1n) is 3.79. The zero-order valence-corrected chi connectivity index (χ0v) is 7.00. The van der Waals surface area contributed by atoms with Crippen molar-refractivity contribution >= 4 is 5.91 Å². The lowest BCUT2D eigenvalue weighted by Gasteiger charge is -2.10. The maximum absolute atomic E-state index is 10.9. The number of amides is 1. The van der Waals surface area contributed by atoms with E-state index in [9.17, 15) is 4.79 Å². The maximum Gasteiger partial charge on any atom is 0.236 e. The predicted molar refractivity (Wildman–Crippen MR) is 43.0 cm³/mol. The fraction of sp³-hybridized carbons (Fsp3) is 0.857. The fourth-order valence-corrected chi connectivity index (χ4v) is 0.565. The molecule has 0 fully saturated rings. The average molecular weight is 160 g/mol. The van der Waals surface area contributed by atoms with Crippen LogP contribution in [0, 0.1) is 0 Å². The maximum atomic E-state index is 10.9. The Morgan fingerprint density at radius 3 is 2.64 bits per heavy atom. The van der Waals surface area contributed by atoms with Gasteiger partial charge in [-0.2, -0.15) is 0 Å². The van der Waals surface area contributed by atoms with Gasteiger partial charge in [0.25, 0.3) is 0 Å². The second kappa shape index (κ2) is 5.09. The summed E-state index contributed by atoms with van der Waals surface area (Å²) in [6.07, 6.45) is 0.106. The van der Waals surface area contributed by atoms with Crippen LogP contribution in [0.25, 0.3) is 0 Å². The quantitative estimate of drug-likeness (QED) is 0.505. The third kappa shape index (κ3) is 4.75. The van der Waals surface area contributed by atoms with Crippen molar-refractivity contribution in [3.8, 4) is 0 Å². The van der Waals surface area contributed by atoms with Gasteiger partial charge in [0.2, 0.25) is 5.91 Å². The molecule has 0 rings (SSSR count). The van der Waals surface area contributed by atoms with Crippen molar-refractivity contribution < 1.29 is 9.90 Å². The minimum absolute atomic E-state index is 0.201. The lowest BCUT2D eigenvalue weighted by atomic mass is 10.2. The molecule has 0 saturated heterocycles. The molecule has 4 N–H and O–H groups in total. The van der Waals surface area contributed by atoms with Crippen molar-refractivity contribution in [2.24, 2.45) is 5.73 Å². The molecule has 0 aliphatic carbocycles. The van der Waals surface area contributed by atoms with Crippen LogP contribution in [0.1, 0.15) is 20.3 Å². The number of aliphatic hydroxyl groups is 1. The van der Waals surface area contributed by atoms with Crippen molar-refractivity contribution in [2.45, 2.75) is 32.4 Å². The first-order valence-corrected chi connectivity index (χ1v) is 3.79. The van der Waals surface area contributed by atoms with E-state index in [2.05, 4.69) is 5.32 Å². The first-order chi connectivity index (χ1) is 5.07. The fourth-order valence-electron chi connectivity index (χ4n) is 0.565. The standard InChI is InChI=1S/C7H16N2O2/c1-3-6(8)7(11)9-4-5(2)10/h5-6,10H,3-4,8H2,1-2H3,(H,9,11)/t5-,6?/m0/s1. The van der Waals surface area contributed by atoms with Gasteiger partial charge in [0.05, 0.1) is 12.1 Å². The highest BCUT2D eigenvalue weighted by atomic mass is 16.3. The van der Waals surface area contributed by atoms with Gasteiger partial charge in [0, 0.05) is 6.54 Å². The van der Waals surface area contributed by atoms with Crippen molar-refractivity contribution in [3.63, 3.8) is 0 Å². The third-order valence-electron chi connectivity index (χ3n) is 1.35. The first kappa shape index (κ1) is 10.4. The number of nitrogens with one attached hydrogen (secondary N) is 1. The third-order valence-corrected chi connectivity index (χ3v) is 1.35. The highest BCUT2D eigenvalue weighted by Gasteiger charge is 2.10. The molecule has 0 radical (unpaired) electrons. The Kier molecular flexibility index (Phi) is 4.81. The summed E-state index contributed by atoms with van der Waals surface area (Å²) in [5.74, 6) is -0.201. The molecule has 66 valence electrons. The van der Waals surface area contributed by atoms with Crippen LogP contribution in [-0.2, 0) is 4.79 Å². The predicted octanol–water partition coefficient (Wildman–Crippen LogP) is -0.779. The largest absolute Gasteiger partial charge is 0.392 e. The summed E-state index contributed by atoms with van der Waals surface area (Å²) < 4.78 is 0. The lowest BCUT2D eigenvalue weighted by Crippen LogP contribution is -2.42. The van der Waals surface area contributed by atoms with E-state index in [4.69, 9.17) is 10.8 Å². The summed E-state index contributed by atoms with van der Waals surface area (Å²) in [6, 6.07) is -0.450. The van der Waals surface area contributed by atoms with E-state index in [0.29, 0.717) is 6.42 Å². The van der Waals surface area contributed by atoms with Crippen LogP contribution in [0.2, 0.25) is 0 Å². The number of aliphatic hydroxyl groups excluding tert-OH is 1. The summed E-state index contributed by atoms with van der Waals surface area (Å²) in [5, 5.41) is 11.3. The van der Waals surface area contributed by atoms with Crippen LogP contribution < -0.4 is 11.1 Å². The molecule has 0 aromatic heterocycles. The molecule has 1 amide bonds. The number of rotatable bonds is 4. The Bertz CT molecular complexity index is 126. The molecule has 0 saturated carbocycles. The average Bonchev–Trinajstić information content (AvgIpc) is 1.98. The van der Waals surface area contributed by atoms with Gasteiger partial charge < -0.3 is 16.2 Å². The zero-order chi connectivity index (χ0) is 8.85. The molecule has 2 atom stereocenters. The minimum atomic E-state index is -0.511. The van der Waals surface area contributed by atoms with Crippen molar-refractivity contribution in [1.82, 2.24) is 5.32 Å².